The molecule has 0 radical (unpaired) electrons. The van der Waals surface area contributed by atoms with E-state index in [4.69, 9.17) is 60.1 Å². The van der Waals surface area contributed by atoms with E-state index in [1.165, 1.54) is 99.5 Å². The van der Waals surface area contributed by atoms with Gasteiger partial charge in [0.15, 0.2) is 66.4 Å². The van der Waals surface area contributed by atoms with E-state index >= 15 is 0 Å². The molecule has 31 nitrogen and oxygen atoms in total. The molecule has 658 valence electrons. The second-order valence-corrected chi connectivity index (χ2v) is 35.6. The van der Waals surface area contributed by atoms with Gasteiger partial charge in [-0.15, -0.1) is 12.8 Å². The summed E-state index contributed by atoms with van der Waals surface area (Å²) in [4.78, 5) is 57.9. The first kappa shape index (κ1) is 90.9. The van der Waals surface area contributed by atoms with Crippen LogP contribution in [0.15, 0.2) is 218 Å². The Kier molecular flexibility index (Phi) is 31.5. The summed E-state index contributed by atoms with van der Waals surface area (Å²) in [6, 6.07) is 59.4. The number of hydrogen-bond acceptors (Lipinski definition) is 34. The Morgan fingerprint density at radius 1 is 0.457 bits per heavy atom. The number of terminal acetylenes is 2. The van der Waals surface area contributed by atoms with Crippen molar-refractivity contribution < 1.29 is 32.5 Å². The van der Waals surface area contributed by atoms with Gasteiger partial charge in [0.2, 0.25) is 10.0 Å². The van der Waals surface area contributed by atoms with Gasteiger partial charge in [-0.3, -0.25) is 9.80 Å². The molecule has 18 rings (SSSR count). The fourth-order valence-corrected chi connectivity index (χ4v) is 18.0. The van der Waals surface area contributed by atoms with Crippen molar-refractivity contribution in [3.8, 4) is 30.4 Å². The van der Waals surface area contributed by atoms with E-state index in [9.17, 15) is 8.42 Å². The van der Waals surface area contributed by atoms with Crippen molar-refractivity contribution in [3.63, 3.8) is 0 Å². The van der Waals surface area contributed by atoms with Gasteiger partial charge in [-0.25, -0.2) is 53.0 Å². The lowest BCUT2D eigenvalue weighted by Gasteiger charge is -2.26. The number of methoxy groups -OCH3 is 1. The van der Waals surface area contributed by atoms with Gasteiger partial charge in [0.25, 0.3) is 0 Å². The van der Waals surface area contributed by atoms with Crippen molar-refractivity contribution in [3.05, 3.63) is 251 Å². The van der Waals surface area contributed by atoms with Crippen LogP contribution in [0.3, 0.4) is 0 Å². The van der Waals surface area contributed by atoms with Crippen LogP contribution in [-0.4, -0.2) is 175 Å². The average Bonchev–Trinajstić information content (AvgIpc) is 1.68. The van der Waals surface area contributed by atoms with Crippen LogP contribution in [0.1, 0.15) is 41.7 Å². The highest BCUT2D eigenvalue weighted by atomic mass is 35.5. The molecule has 2 fully saturated rings. The third kappa shape index (κ3) is 25.8. The van der Waals surface area contributed by atoms with E-state index in [1.54, 1.807) is 31.4 Å². The van der Waals surface area contributed by atoms with Crippen LogP contribution in [-0.2, 0) is 43.9 Å². The van der Waals surface area contributed by atoms with Crippen LogP contribution < -0.4 is 57.3 Å². The SMILES string of the molecule is C#Cc1cccc(Nc2ncnc3nc(Nc4ccc(CNCCOC(C)C)cc4)sc23)c1.C#Cc1cccc(Nc2ncnc3nc(Nc4ccc(S(=O)(=O)NCCO)cc4)sc23)c1.COc1ccc(Cl)cc1Nc1ncnc2nc(Nc3ccc(CN4CCOCC4)cc3)sc12.Clc1cccc(Nc2ncnc3nc(Nc4ccc(CN5CCOCC5)cc4)sc23)c1. The Morgan fingerprint density at radius 2 is 0.845 bits per heavy atom. The predicted molar refractivity (Wildman–Crippen MR) is 518 cm³/mol. The van der Waals surface area contributed by atoms with Gasteiger partial charge in [0.05, 0.1) is 63.4 Å². The summed E-state index contributed by atoms with van der Waals surface area (Å²) in [6.07, 6.45) is 17.2. The van der Waals surface area contributed by atoms with Crippen LogP contribution in [0.5, 0.6) is 5.75 Å². The molecule has 0 spiro atoms. The molecule has 10 heterocycles. The zero-order valence-electron chi connectivity index (χ0n) is 70.0. The van der Waals surface area contributed by atoms with Crippen LogP contribution in [0.2, 0.25) is 10.0 Å². The molecule has 129 heavy (non-hydrogen) atoms. The number of thiazole rings is 4. The molecule has 2 aliphatic heterocycles. The first-order valence-electron chi connectivity index (χ1n) is 40.7. The van der Waals surface area contributed by atoms with Gasteiger partial charge >= 0.3 is 0 Å². The van der Waals surface area contributed by atoms with Gasteiger partial charge in [-0.1, -0.05) is 135 Å². The minimum Gasteiger partial charge on any atom is -0.495 e. The minimum absolute atomic E-state index is 0.0432. The number of anilines is 16. The lowest BCUT2D eigenvalue weighted by molar-refractivity contribution is 0.0341. The molecule has 16 aromatic rings. The number of hydrogen-bond donors (Lipinski definition) is 11. The van der Waals surface area contributed by atoms with Crippen molar-refractivity contribution in [2.75, 3.05) is 129 Å². The van der Waals surface area contributed by atoms with Crippen molar-refractivity contribution in [2.45, 2.75) is 44.5 Å². The lowest BCUT2D eigenvalue weighted by Crippen LogP contribution is -2.35. The second kappa shape index (κ2) is 44.7. The number of nitrogens with zero attached hydrogens (tertiary/aromatic N) is 14. The zero-order chi connectivity index (χ0) is 89.3. The van der Waals surface area contributed by atoms with Crippen molar-refractivity contribution >= 4 is 209 Å². The minimum atomic E-state index is -3.66. The van der Waals surface area contributed by atoms with Gasteiger partial charge < -0.3 is 71.9 Å². The maximum atomic E-state index is 12.1. The molecule has 0 unspecified atom stereocenters. The number of sulfonamides is 1. The molecule has 8 aromatic heterocycles. The zero-order valence-corrected chi connectivity index (χ0v) is 75.6. The number of ether oxygens (including phenoxy) is 4. The Morgan fingerprint density at radius 3 is 1.24 bits per heavy atom. The second-order valence-electron chi connectivity index (χ2n) is 29.0. The maximum absolute atomic E-state index is 12.1. The van der Waals surface area contributed by atoms with Crippen LogP contribution in [0.25, 0.3) is 41.4 Å². The van der Waals surface area contributed by atoms with E-state index in [1.807, 2.05) is 105 Å². The van der Waals surface area contributed by atoms with Gasteiger partial charge in [0, 0.05) is 120 Å². The lowest BCUT2D eigenvalue weighted by atomic mass is 10.2. The molecule has 11 N–H and O–H groups in total. The molecular formula is C91H88Cl2N24O7S5. The Bertz CT molecular complexity index is 6660. The van der Waals surface area contributed by atoms with Gasteiger partial charge in [0.1, 0.15) is 49.9 Å². The summed E-state index contributed by atoms with van der Waals surface area (Å²) >= 11 is 18.1. The largest absolute Gasteiger partial charge is 0.495 e. The van der Waals surface area contributed by atoms with Gasteiger partial charge in [-0.2, -0.15) is 19.9 Å². The summed E-state index contributed by atoms with van der Waals surface area (Å²) in [5, 5.41) is 42.8. The Labute approximate surface area is 770 Å². The molecule has 0 bridgehead atoms. The maximum Gasteiger partial charge on any atom is 0.240 e. The highest BCUT2D eigenvalue weighted by molar-refractivity contribution is 7.89. The Hall–Kier alpha value is -12.8. The highest BCUT2D eigenvalue weighted by Crippen LogP contribution is 2.40. The van der Waals surface area contributed by atoms with Crippen LogP contribution >= 0.6 is 68.5 Å². The molecule has 0 aliphatic carbocycles. The van der Waals surface area contributed by atoms with E-state index in [2.05, 4.69) is 195 Å². The predicted octanol–water partition coefficient (Wildman–Crippen LogP) is 18.0. The summed E-state index contributed by atoms with van der Waals surface area (Å²) in [5.41, 5.74) is 14.6. The number of benzene rings is 8. The van der Waals surface area contributed by atoms with Gasteiger partial charge in [-0.05, 0) is 164 Å². The molecule has 0 saturated carbocycles. The summed E-state index contributed by atoms with van der Waals surface area (Å²) in [6.45, 7) is 15.1. The third-order valence-corrected chi connectivity index (χ3v) is 25.2. The van der Waals surface area contributed by atoms with E-state index in [-0.39, 0.29) is 24.2 Å². The summed E-state index contributed by atoms with van der Waals surface area (Å²) in [7, 11) is -2.05. The fourth-order valence-electron chi connectivity index (χ4n) is 13.0. The number of aliphatic hydroxyl groups is 1. The first-order chi connectivity index (χ1) is 63.0. The third-order valence-electron chi connectivity index (χ3n) is 19.4. The quantitative estimate of drug-likeness (QED) is 0.0142. The molecule has 8 aromatic carbocycles. The molecular weight excluding hydrogens is 1770 g/mol. The topological polar surface area (TPSA) is 373 Å². The number of aliphatic hydroxyl groups excluding tert-OH is 1. The monoisotopic (exact) mass is 1860 g/mol. The Balaban J connectivity index is 0.000000132. The average molecular weight is 1860 g/mol. The fraction of sp³-hybridized carbons (Fsp3) is 0.209. The van der Waals surface area contributed by atoms with Crippen molar-refractivity contribution in [2.24, 2.45) is 0 Å². The molecule has 0 atom stereocenters. The molecule has 2 aliphatic rings. The van der Waals surface area contributed by atoms with Crippen molar-refractivity contribution in [1.29, 1.82) is 0 Å². The standard InChI is InChI=1S/C25H26N6OS.C23H23ClN6O2S.C22H21ClN6OS.C21H18N6O3S2/c1-4-18-6-5-7-21(14-18)29-23-22-24(28-16-27-23)31-25(33-22)30-20-10-8-19(9-11-20)15-26-12-13-32-17(2)3;1-31-19-7-4-16(24)12-18(19)28-21-20-22(26-14-25-21)29-23(33-20)27-17-5-2-15(3-6-17)13-30-8-10-32-11-9-30;23-16-2-1-3-18(12-16)26-20-19-21(25-14-24-20)28-22(31-19)27-17-6-4-15(5-7-17)13-29-8-10-30-11-9-29;1-2-14-4-3-5-16(12-14)25-19-18-20(23-13-22-19)27-21(31-18)26-15-6-8-17(9-7-15)32(29,30)24-10-11-28/h1,5-11,14,16-17,26H,12-13,15H2,2-3H3,(H2,27,28,29,30,31);2-7,12,14H,8-11,13H2,1H3,(H2,25,26,27,28,29);1-7,12,14H,8-11,13H2,(H2,24,25,26,27,28);1,3-9,12-13,24,28H,10-11H2,(H2,22,23,25,26,27). The van der Waals surface area contributed by atoms with E-state index < -0.39 is 10.0 Å². The smallest absolute Gasteiger partial charge is 0.240 e. The number of rotatable bonds is 31. The number of fused-ring (bicyclic) bond motifs is 4. The highest BCUT2D eigenvalue weighted by Gasteiger charge is 2.21. The molecule has 2 saturated heterocycles. The normalized spacial score (nSPS) is 12.8. The first-order valence-corrected chi connectivity index (χ1v) is 46.2. The number of halogens is 2. The number of nitrogens with one attached hydrogen (secondary N) is 10. The molecule has 38 heteroatoms. The summed E-state index contributed by atoms with van der Waals surface area (Å²) < 4.78 is 51.7. The van der Waals surface area contributed by atoms with E-state index in [0.29, 0.717) is 79.1 Å². The van der Waals surface area contributed by atoms with E-state index in [0.717, 1.165) is 164 Å². The number of aromatic nitrogens is 12. The molecule has 0 amide bonds. The number of morpholine rings is 2. The summed E-state index contributed by atoms with van der Waals surface area (Å²) in [5.74, 6) is 8.57. The van der Waals surface area contributed by atoms with Crippen LogP contribution in [0, 0.1) is 24.7 Å². The van der Waals surface area contributed by atoms with Crippen LogP contribution in [0.4, 0.5) is 89.3 Å². The van der Waals surface area contributed by atoms with Crippen molar-refractivity contribution in [1.82, 2.24) is 79.6 Å².